The monoisotopic (exact) mass is 217 g/mol. The lowest BCUT2D eigenvalue weighted by molar-refractivity contribution is 0.101. The molecule has 0 saturated heterocycles. The Bertz CT molecular complexity index is 435. The largest absolute Gasteiger partial charge is 0.294 e. The third kappa shape index (κ3) is 3.68. The predicted octanol–water partition coefficient (Wildman–Crippen LogP) is 2.51. The number of ketones is 1. The zero-order chi connectivity index (χ0) is 11.5. The van der Waals surface area contributed by atoms with Crippen LogP contribution in [0.2, 0.25) is 19.6 Å². The molecular formula is C12H15NOSi. The standard InChI is InChI=1S/C12H15NOSi/c1-10(14)11-6-5-8-13-12(11)7-9-15(2,3)4/h5-6,8H,1-4H3. The molecule has 0 N–H and O–H groups in total. The molecule has 0 bridgehead atoms. The summed E-state index contributed by atoms with van der Waals surface area (Å²) >= 11 is 0. The maximum absolute atomic E-state index is 11.3. The Kier molecular flexibility index (Phi) is 3.43. The van der Waals surface area contributed by atoms with Crippen molar-refractivity contribution in [3.05, 3.63) is 29.6 Å². The van der Waals surface area contributed by atoms with Gasteiger partial charge in [-0.25, -0.2) is 4.98 Å². The minimum Gasteiger partial charge on any atom is -0.294 e. The van der Waals surface area contributed by atoms with Gasteiger partial charge in [0, 0.05) is 6.20 Å². The smallest absolute Gasteiger partial charge is 0.162 e. The van der Waals surface area contributed by atoms with E-state index in [1.807, 2.05) is 0 Å². The van der Waals surface area contributed by atoms with E-state index in [9.17, 15) is 4.79 Å². The average molecular weight is 217 g/mol. The van der Waals surface area contributed by atoms with Gasteiger partial charge in [0.2, 0.25) is 0 Å². The molecule has 3 heteroatoms. The van der Waals surface area contributed by atoms with E-state index >= 15 is 0 Å². The molecule has 15 heavy (non-hydrogen) atoms. The van der Waals surface area contributed by atoms with Gasteiger partial charge in [0.25, 0.3) is 0 Å². The van der Waals surface area contributed by atoms with Crippen molar-refractivity contribution in [2.24, 2.45) is 0 Å². The molecule has 0 spiro atoms. The Balaban J connectivity index is 3.14. The molecule has 2 nitrogen and oxygen atoms in total. The quantitative estimate of drug-likeness (QED) is 0.411. The first-order valence-electron chi connectivity index (χ1n) is 4.89. The van der Waals surface area contributed by atoms with Gasteiger partial charge in [0.1, 0.15) is 13.8 Å². The van der Waals surface area contributed by atoms with Crippen molar-refractivity contribution in [3.63, 3.8) is 0 Å². The molecule has 0 aliphatic carbocycles. The summed E-state index contributed by atoms with van der Waals surface area (Å²) in [5.41, 5.74) is 4.43. The van der Waals surface area contributed by atoms with Crippen LogP contribution in [0.4, 0.5) is 0 Å². The van der Waals surface area contributed by atoms with Crippen LogP contribution in [0.5, 0.6) is 0 Å². The second-order valence-corrected chi connectivity index (χ2v) is 9.21. The molecule has 78 valence electrons. The highest BCUT2D eigenvalue weighted by Gasteiger charge is 2.09. The number of pyridine rings is 1. The van der Waals surface area contributed by atoms with Gasteiger partial charge < -0.3 is 0 Å². The van der Waals surface area contributed by atoms with Crippen LogP contribution >= 0.6 is 0 Å². The number of aromatic nitrogens is 1. The third-order valence-corrected chi connectivity index (χ3v) is 2.62. The van der Waals surface area contributed by atoms with Crippen LogP contribution in [0.1, 0.15) is 23.0 Å². The van der Waals surface area contributed by atoms with E-state index in [0.29, 0.717) is 11.3 Å². The summed E-state index contributed by atoms with van der Waals surface area (Å²) in [5.74, 6) is 3.03. The summed E-state index contributed by atoms with van der Waals surface area (Å²) in [4.78, 5) is 15.4. The summed E-state index contributed by atoms with van der Waals surface area (Å²) in [6.45, 7) is 8.03. The highest BCUT2D eigenvalue weighted by molar-refractivity contribution is 6.83. The van der Waals surface area contributed by atoms with Crippen LogP contribution in [0, 0.1) is 11.5 Å². The molecule has 0 aliphatic heterocycles. The van der Waals surface area contributed by atoms with E-state index in [4.69, 9.17) is 0 Å². The van der Waals surface area contributed by atoms with Gasteiger partial charge in [-0.1, -0.05) is 25.6 Å². The molecule has 0 fully saturated rings. The molecule has 1 aromatic heterocycles. The van der Waals surface area contributed by atoms with Gasteiger partial charge in [-0.2, -0.15) is 0 Å². The lowest BCUT2D eigenvalue weighted by Crippen LogP contribution is -2.16. The molecule has 0 radical (unpaired) electrons. The molecule has 0 unspecified atom stereocenters. The Morgan fingerprint density at radius 2 is 2.07 bits per heavy atom. The van der Waals surface area contributed by atoms with Crippen molar-refractivity contribution in [1.82, 2.24) is 4.98 Å². The Labute approximate surface area is 91.7 Å². The van der Waals surface area contributed by atoms with Gasteiger partial charge in [-0.3, -0.25) is 4.79 Å². The van der Waals surface area contributed by atoms with Crippen LogP contribution in [0.3, 0.4) is 0 Å². The maximum Gasteiger partial charge on any atom is 0.162 e. The van der Waals surface area contributed by atoms with Crippen LogP contribution in [0.15, 0.2) is 18.3 Å². The van der Waals surface area contributed by atoms with E-state index in [1.165, 1.54) is 6.92 Å². The number of rotatable bonds is 1. The lowest BCUT2D eigenvalue weighted by Gasteiger charge is -2.04. The summed E-state index contributed by atoms with van der Waals surface area (Å²) in [6, 6.07) is 3.53. The number of nitrogens with zero attached hydrogens (tertiary/aromatic N) is 1. The van der Waals surface area contributed by atoms with Gasteiger partial charge in [0.05, 0.1) is 5.56 Å². The van der Waals surface area contributed by atoms with Gasteiger partial charge >= 0.3 is 0 Å². The molecule has 1 rings (SSSR count). The SMILES string of the molecule is CC(=O)c1cccnc1C#C[Si](C)(C)C. The molecule has 0 saturated carbocycles. The summed E-state index contributed by atoms with van der Waals surface area (Å²) < 4.78 is 0. The zero-order valence-corrected chi connectivity index (χ0v) is 10.6. The molecular weight excluding hydrogens is 202 g/mol. The minimum atomic E-state index is -1.41. The van der Waals surface area contributed by atoms with Gasteiger partial charge in [-0.05, 0) is 19.1 Å². The molecule has 0 amide bonds. The number of hydrogen-bond donors (Lipinski definition) is 0. The summed E-state index contributed by atoms with van der Waals surface area (Å²) in [6.07, 6.45) is 1.67. The van der Waals surface area contributed by atoms with Crippen molar-refractivity contribution in [2.75, 3.05) is 0 Å². The Morgan fingerprint density at radius 1 is 1.40 bits per heavy atom. The first-order valence-corrected chi connectivity index (χ1v) is 8.39. The second kappa shape index (κ2) is 4.41. The molecule has 1 heterocycles. The van der Waals surface area contributed by atoms with Crippen molar-refractivity contribution in [1.29, 1.82) is 0 Å². The first-order chi connectivity index (χ1) is 6.90. The van der Waals surface area contributed by atoms with Crippen molar-refractivity contribution < 1.29 is 4.79 Å². The number of hydrogen-bond acceptors (Lipinski definition) is 2. The van der Waals surface area contributed by atoms with Crippen molar-refractivity contribution in [3.8, 4) is 11.5 Å². The first kappa shape index (κ1) is 11.7. The van der Waals surface area contributed by atoms with E-state index in [2.05, 4.69) is 36.1 Å². The van der Waals surface area contributed by atoms with Gasteiger partial charge in [-0.15, -0.1) is 5.54 Å². The number of Topliss-reactive ketones (excluding diaryl/α,β-unsaturated/α-hetero) is 1. The van der Waals surface area contributed by atoms with Crippen LogP contribution in [-0.4, -0.2) is 18.8 Å². The maximum atomic E-state index is 11.3. The number of carbonyl (C=O) groups excluding carboxylic acids is 1. The molecule has 0 atom stereocenters. The Morgan fingerprint density at radius 3 is 2.60 bits per heavy atom. The normalized spacial score (nSPS) is 10.4. The van der Waals surface area contributed by atoms with E-state index in [-0.39, 0.29) is 5.78 Å². The fourth-order valence-electron chi connectivity index (χ4n) is 1.04. The van der Waals surface area contributed by atoms with Crippen molar-refractivity contribution in [2.45, 2.75) is 26.6 Å². The minimum absolute atomic E-state index is 0.0166. The van der Waals surface area contributed by atoms with Crippen molar-refractivity contribution >= 4 is 13.9 Å². The fourth-order valence-corrected chi connectivity index (χ4v) is 1.53. The fraction of sp³-hybridized carbons (Fsp3) is 0.333. The second-order valence-electron chi connectivity index (χ2n) is 4.46. The van der Waals surface area contributed by atoms with E-state index in [1.54, 1.807) is 18.3 Å². The molecule has 0 aromatic carbocycles. The van der Waals surface area contributed by atoms with E-state index < -0.39 is 8.07 Å². The molecule has 1 aromatic rings. The van der Waals surface area contributed by atoms with Crippen LogP contribution in [0.25, 0.3) is 0 Å². The van der Waals surface area contributed by atoms with Gasteiger partial charge in [0.15, 0.2) is 5.78 Å². The summed E-state index contributed by atoms with van der Waals surface area (Å²) in [7, 11) is -1.41. The lowest BCUT2D eigenvalue weighted by atomic mass is 10.1. The third-order valence-electron chi connectivity index (χ3n) is 1.74. The summed E-state index contributed by atoms with van der Waals surface area (Å²) in [5, 5.41) is 0. The van der Waals surface area contributed by atoms with E-state index in [0.717, 1.165) is 0 Å². The highest BCUT2D eigenvalue weighted by atomic mass is 28.3. The highest BCUT2D eigenvalue weighted by Crippen LogP contribution is 2.05. The zero-order valence-electron chi connectivity index (χ0n) is 9.59. The van der Waals surface area contributed by atoms with Crippen LogP contribution < -0.4 is 0 Å². The average Bonchev–Trinajstić information content (AvgIpc) is 2.14. The Hall–Kier alpha value is -1.40. The number of carbonyl (C=O) groups is 1. The topological polar surface area (TPSA) is 30.0 Å². The molecule has 0 aliphatic rings. The van der Waals surface area contributed by atoms with Crippen LogP contribution in [-0.2, 0) is 0 Å². The predicted molar refractivity (Wildman–Crippen MR) is 64.5 cm³/mol.